The van der Waals surface area contributed by atoms with Gasteiger partial charge in [-0.3, -0.25) is 10.1 Å². The highest BCUT2D eigenvalue weighted by atomic mass is 79.9. The van der Waals surface area contributed by atoms with Gasteiger partial charge in [-0.1, -0.05) is 13.8 Å². The third-order valence-electron chi connectivity index (χ3n) is 3.77. The van der Waals surface area contributed by atoms with E-state index in [1.165, 1.54) is 18.6 Å². The second-order valence-electron chi connectivity index (χ2n) is 5.80. The Bertz CT molecular complexity index is 514. The molecule has 0 aliphatic heterocycles. The maximum Gasteiger partial charge on any atom is 0.293 e. The summed E-state index contributed by atoms with van der Waals surface area (Å²) < 4.78 is 13.7. The summed E-state index contributed by atoms with van der Waals surface area (Å²) in [7, 11) is 0. The molecule has 1 aromatic carbocycles. The summed E-state index contributed by atoms with van der Waals surface area (Å²) in [4.78, 5) is 10.6. The smallest absolute Gasteiger partial charge is 0.293 e. The number of hydrogen-bond donors (Lipinski definition) is 1. The summed E-state index contributed by atoms with van der Waals surface area (Å²) in [6.07, 6.45) is 3.09. The Morgan fingerprint density at radius 1 is 1.30 bits per heavy atom. The Kier molecular flexibility index (Phi) is 4.62. The van der Waals surface area contributed by atoms with Gasteiger partial charge >= 0.3 is 0 Å². The van der Waals surface area contributed by atoms with Crippen LogP contribution in [0.25, 0.3) is 0 Å². The number of rotatable bonds is 3. The zero-order valence-corrected chi connectivity index (χ0v) is 13.1. The molecule has 0 spiro atoms. The molecule has 1 aromatic rings. The van der Waals surface area contributed by atoms with Gasteiger partial charge in [-0.2, -0.15) is 0 Å². The molecule has 1 saturated carbocycles. The summed E-state index contributed by atoms with van der Waals surface area (Å²) in [5.74, 6) is 0.668. The lowest BCUT2D eigenvalue weighted by Gasteiger charge is -2.32. The van der Waals surface area contributed by atoms with Crippen LogP contribution in [-0.4, -0.2) is 11.0 Å². The fourth-order valence-electron chi connectivity index (χ4n) is 3.09. The molecule has 1 fully saturated rings. The van der Waals surface area contributed by atoms with Gasteiger partial charge in [0.15, 0.2) is 0 Å². The summed E-state index contributed by atoms with van der Waals surface area (Å²) in [6.45, 7) is 4.36. The topological polar surface area (TPSA) is 55.2 Å². The van der Waals surface area contributed by atoms with Crippen molar-refractivity contribution < 1.29 is 9.31 Å². The van der Waals surface area contributed by atoms with Crippen LogP contribution in [0.3, 0.4) is 0 Å². The largest absolute Gasteiger partial charge is 0.377 e. The SMILES string of the molecule is CC1CC(C)CC(Nc2cc(F)c(Br)cc2[N+](=O)[O-])C1. The highest BCUT2D eigenvalue weighted by Gasteiger charge is 2.26. The van der Waals surface area contributed by atoms with Crippen molar-refractivity contribution in [3.8, 4) is 0 Å². The molecule has 0 heterocycles. The molecule has 0 bridgehead atoms. The van der Waals surface area contributed by atoms with Crippen molar-refractivity contribution in [3.05, 3.63) is 32.5 Å². The van der Waals surface area contributed by atoms with Crippen molar-refractivity contribution in [2.24, 2.45) is 11.8 Å². The maximum absolute atomic E-state index is 13.6. The molecule has 1 N–H and O–H groups in total. The predicted octanol–water partition coefficient (Wildman–Crippen LogP) is 4.73. The molecule has 0 saturated heterocycles. The fraction of sp³-hybridized carbons (Fsp3) is 0.571. The normalized spacial score (nSPS) is 26.3. The van der Waals surface area contributed by atoms with Gasteiger partial charge in [0.1, 0.15) is 11.5 Å². The van der Waals surface area contributed by atoms with Gasteiger partial charge in [0, 0.05) is 18.2 Å². The van der Waals surface area contributed by atoms with Gasteiger partial charge in [0.05, 0.1) is 9.40 Å². The first kappa shape index (κ1) is 15.2. The van der Waals surface area contributed by atoms with E-state index in [4.69, 9.17) is 0 Å². The highest BCUT2D eigenvalue weighted by Crippen LogP contribution is 2.35. The molecule has 2 atom stereocenters. The van der Waals surface area contributed by atoms with Crippen molar-refractivity contribution in [3.63, 3.8) is 0 Å². The number of nitro groups is 1. The Morgan fingerprint density at radius 3 is 2.45 bits per heavy atom. The summed E-state index contributed by atoms with van der Waals surface area (Å²) >= 11 is 2.99. The van der Waals surface area contributed by atoms with E-state index >= 15 is 0 Å². The quantitative estimate of drug-likeness (QED) is 0.636. The van der Waals surface area contributed by atoms with E-state index < -0.39 is 10.7 Å². The lowest BCUT2D eigenvalue weighted by atomic mass is 9.80. The van der Waals surface area contributed by atoms with Crippen LogP contribution in [-0.2, 0) is 0 Å². The standard InChI is InChI=1S/C14H18BrFN2O2/c1-8-3-9(2)5-10(4-8)17-13-7-12(16)11(15)6-14(13)18(19)20/h6-10,17H,3-5H2,1-2H3. The third-order valence-corrected chi connectivity index (χ3v) is 4.38. The van der Waals surface area contributed by atoms with Crippen LogP contribution in [0.15, 0.2) is 16.6 Å². The van der Waals surface area contributed by atoms with Gasteiger partial charge in [0.2, 0.25) is 0 Å². The molecule has 0 amide bonds. The molecule has 2 unspecified atom stereocenters. The number of halogens is 2. The Labute approximate surface area is 126 Å². The number of hydrogen-bond acceptors (Lipinski definition) is 3. The minimum atomic E-state index is -0.491. The van der Waals surface area contributed by atoms with E-state index in [1.54, 1.807) is 0 Å². The van der Waals surface area contributed by atoms with Crippen LogP contribution in [0.4, 0.5) is 15.8 Å². The van der Waals surface area contributed by atoms with Crippen LogP contribution in [0.1, 0.15) is 33.1 Å². The highest BCUT2D eigenvalue weighted by molar-refractivity contribution is 9.10. The van der Waals surface area contributed by atoms with E-state index in [-0.39, 0.29) is 21.9 Å². The average molecular weight is 345 g/mol. The first-order chi connectivity index (χ1) is 9.36. The molecule has 1 aliphatic rings. The van der Waals surface area contributed by atoms with Crippen molar-refractivity contribution in [2.45, 2.75) is 39.2 Å². The van der Waals surface area contributed by atoms with Gasteiger partial charge in [-0.15, -0.1) is 0 Å². The zero-order valence-electron chi connectivity index (χ0n) is 11.5. The van der Waals surface area contributed by atoms with Crippen LogP contribution in [0.2, 0.25) is 0 Å². The molecular weight excluding hydrogens is 327 g/mol. The van der Waals surface area contributed by atoms with Crippen molar-refractivity contribution >= 4 is 27.3 Å². The van der Waals surface area contributed by atoms with E-state index in [0.29, 0.717) is 11.8 Å². The molecular formula is C14H18BrFN2O2. The number of nitro benzene ring substituents is 1. The number of nitrogens with one attached hydrogen (secondary N) is 1. The maximum atomic E-state index is 13.6. The van der Waals surface area contributed by atoms with Gasteiger partial charge in [0.25, 0.3) is 5.69 Å². The molecule has 2 rings (SSSR count). The van der Waals surface area contributed by atoms with Crippen LogP contribution in [0, 0.1) is 27.8 Å². The molecule has 20 heavy (non-hydrogen) atoms. The van der Waals surface area contributed by atoms with E-state index in [9.17, 15) is 14.5 Å². The summed E-state index contributed by atoms with van der Waals surface area (Å²) in [5, 5.41) is 14.2. The third kappa shape index (κ3) is 3.48. The predicted molar refractivity (Wildman–Crippen MR) is 80.3 cm³/mol. The number of anilines is 1. The zero-order chi connectivity index (χ0) is 14.9. The molecule has 4 nitrogen and oxygen atoms in total. The van der Waals surface area contributed by atoms with Crippen molar-refractivity contribution in [1.82, 2.24) is 0 Å². The Hall–Kier alpha value is -1.17. The fourth-order valence-corrected chi connectivity index (χ4v) is 3.42. The lowest BCUT2D eigenvalue weighted by Crippen LogP contribution is -2.30. The monoisotopic (exact) mass is 344 g/mol. The molecule has 1 aliphatic carbocycles. The van der Waals surface area contributed by atoms with Gasteiger partial charge in [-0.25, -0.2) is 4.39 Å². The average Bonchev–Trinajstić information content (AvgIpc) is 2.31. The van der Waals surface area contributed by atoms with Crippen molar-refractivity contribution in [2.75, 3.05) is 5.32 Å². The first-order valence-electron chi connectivity index (χ1n) is 6.76. The minimum absolute atomic E-state index is 0.0934. The number of nitrogens with zero attached hydrogens (tertiary/aromatic N) is 1. The molecule has 0 radical (unpaired) electrons. The number of benzene rings is 1. The van der Waals surface area contributed by atoms with Crippen LogP contribution < -0.4 is 5.32 Å². The Balaban J connectivity index is 2.24. The second kappa shape index (κ2) is 6.08. The van der Waals surface area contributed by atoms with Gasteiger partial charge < -0.3 is 5.32 Å². The van der Waals surface area contributed by atoms with Crippen molar-refractivity contribution in [1.29, 1.82) is 0 Å². The molecule has 0 aromatic heterocycles. The second-order valence-corrected chi connectivity index (χ2v) is 6.65. The lowest BCUT2D eigenvalue weighted by molar-refractivity contribution is -0.384. The van der Waals surface area contributed by atoms with Crippen LogP contribution >= 0.6 is 15.9 Å². The molecule has 6 heteroatoms. The molecule has 110 valence electrons. The first-order valence-corrected chi connectivity index (χ1v) is 7.56. The van der Waals surface area contributed by atoms with Crippen LogP contribution in [0.5, 0.6) is 0 Å². The van der Waals surface area contributed by atoms with E-state index in [2.05, 4.69) is 35.1 Å². The Morgan fingerprint density at radius 2 is 1.90 bits per heavy atom. The van der Waals surface area contributed by atoms with E-state index in [0.717, 1.165) is 12.8 Å². The summed E-state index contributed by atoms with van der Waals surface area (Å²) in [6, 6.07) is 2.58. The van der Waals surface area contributed by atoms with Gasteiger partial charge in [-0.05, 0) is 47.0 Å². The summed E-state index contributed by atoms with van der Waals surface area (Å²) in [5.41, 5.74) is 0.172. The van der Waals surface area contributed by atoms with E-state index in [1.807, 2.05) is 0 Å². The minimum Gasteiger partial charge on any atom is -0.377 e.